The predicted octanol–water partition coefficient (Wildman–Crippen LogP) is 4.11. The Bertz CT molecular complexity index is 929. The number of halogens is 4. The first kappa shape index (κ1) is 20.0. The second-order valence-electron chi connectivity index (χ2n) is 5.89. The number of hydrogen-bond acceptors (Lipinski definition) is 4. The van der Waals surface area contributed by atoms with E-state index in [1.165, 1.54) is 24.3 Å². The second kappa shape index (κ2) is 7.69. The molecule has 2 aromatic carbocycles. The summed E-state index contributed by atoms with van der Waals surface area (Å²) in [6.45, 7) is 1.74. The molecule has 0 aliphatic carbocycles. The summed E-state index contributed by atoms with van der Waals surface area (Å²) in [6, 6.07) is 8.99. The zero-order valence-corrected chi connectivity index (χ0v) is 16.4. The third kappa shape index (κ3) is 4.74. The lowest BCUT2D eigenvalue weighted by molar-refractivity contribution is -0.137. The minimum atomic E-state index is -4.58. The van der Waals surface area contributed by atoms with E-state index in [2.05, 4.69) is 20.7 Å². The molecule has 0 amide bonds. The Hall–Kier alpha value is -1.78. The van der Waals surface area contributed by atoms with Crippen molar-refractivity contribution in [2.24, 2.45) is 0 Å². The maximum atomic E-state index is 13.1. The minimum absolute atomic E-state index is 0.0535. The number of morpholine rings is 1. The van der Waals surface area contributed by atoms with E-state index >= 15 is 0 Å². The lowest BCUT2D eigenvalue weighted by atomic mass is 10.1. The van der Waals surface area contributed by atoms with E-state index in [0.717, 1.165) is 12.1 Å². The number of rotatable bonds is 4. The van der Waals surface area contributed by atoms with Crippen LogP contribution in [-0.4, -0.2) is 34.7 Å². The van der Waals surface area contributed by atoms with Gasteiger partial charge in [0.2, 0.25) is 0 Å². The fourth-order valence-electron chi connectivity index (χ4n) is 2.71. The van der Waals surface area contributed by atoms with Crippen LogP contribution in [0.1, 0.15) is 5.56 Å². The van der Waals surface area contributed by atoms with Gasteiger partial charge in [0.05, 0.1) is 35.0 Å². The number of anilines is 2. The van der Waals surface area contributed by atoms with Crippen LogP contribution >= 0.6 is 15.9 Å². The molecule has 0 bridgehead atoms. The Morgan fingerprint density at radius 2 is 1.78 bits per heavy atom. The molecule has 5 nitrogen and oxygen atoms in total. The summed E-state index contributed by atoms with van der Waals surface area (Å²) >= 11 is 3.19. The molecule has 3 rings (SSSR count). The van der Waals surface area contributed by atoms with Crippen LogP contribution < -0.4 is 9.62 Å². The van der Waals surface area contributed by atoms with E-state index in [0.29, 0.717) is 36.5 Å². The number of sulfonamides is 1. The largest absolute Gasteiger partial charge is 0.416 e. The highest BCUT2D eigenvalue weighted by atomic mass is 79.9. The van der Waals surface area contributed by atoms with Gasteiger partial charge in [0.25, 0.3) is 10.0 Å². The van der Waals surface area contributed by atoms with Gasteiger partial charge in [-0.2, -0.15) is 13.2 Å². The van der Waals surface area contributed by atoms with E-state index in [-0.39, 0.29) is 10.6 Å². The van der Waals surface area contributed by atoms with Gasteiger partial charge < -0.3 is 9.64 Å². The second-order valence-corrected chi connectivity index (χ2v) is 8.49. The van der Waals surface area contributed by atoms with Crippen LogP contribution in [-0.2, 0) is 20.9 Å². The molecule has 1 aliphatic rings. The first-order valence-corrected chi connectivity index (χ1v) is 10.3. The SMILES string of the molecule is O=S(=O)(Nc1cc(C(F)(F)F)ccc1N1CCOCC1)c1cccc(Br)c1. The quantitative estimate of drug-likeness (QED) is 0.739. The molecule has 0 radical (unpaired) electrons. The van der Waals surface area contributed by atoms with Gasteiger partial charge in [-0.05, 0) is 36.4 Å². The molecule has 27 heavy (non-hydrogen) atoms. The Morgan fingerprint density at radius 1 is 1.07 bits per heavy atom. The standard InChI is InChI=1S/C17H16BrF3N2O3S/c18-13-2-1-3-14(11-13)27(24,25)22-15-10-12(17(19,20)21)4-5-16(15)23-6-8-26-9-7-23/h1-5,10-11,22H,6-9H2. The molecule has 0 unspecified atom stereocenters. The lowest BCUT2D eigenvalue weighted by Gasteiger charge is -2.31. The predicted molar refractivity (Wildman–Crippen MR) is 99.4 cm³/mol. The summed E-state index contributed by atoms with van der Waals surface area (Å²) in [5.74, 6) is 0. The Kier molecular flexibility index (Phi) is 5.68. The van der Waals surface area contributed by atoms with Crippen molar-refractivity contribution in [3.63, 3.8) is 0 Å². The fraction of sp³-hybridized carbons (Fsp3) is 0.294. The van der Waals surface area contributed by atoms with Gasteiger partial charge in [0, 0.05) is 17.6 Å². The zero-order chi connectivity index (χ0) is 19.7. The summed E-state index contributed by atoms with van der Waals surface area (Å²) < 4.78 is 72.9. The topological polar surface area (TPSA) is 58.6 Å². The van der Waals surface area contributed by atoms with Crippen molar-refractivity contribution in [2.75, 3.05) is 35.9 Å². The summed E-state index contributed by atoms with van der Waals surface area (Å²) in [7, 11) is -4.06. The highest BCUT2D eigenvalue weighted by Crippen LogP contribution is 2.36. The van der Waals surface area contributed by atoms with E-state index < -0.39 is 21.8 Å². The highest BCUT2D eigenvalue weighted by Gasteiger charge is 2.32. The van der Waals surface area contributed by atoms with Gasteiger partial charge in [0.15, 0.2) is 0 Å². The van der Waals surface area contributed by atoms with Crippen LogP contribution in [0, 0.1) is 0 Å². The fourth-order valence-corrected chi connectivity index (χ4v) is 4.37. The monoisotopic (exact) mass is 464 g/mol. The third-order valence-electron chi connectivity index (χ3n) is 4.03. The van der Waals surface area contributed by atoms with Crippen molar-refractivity contribution in [3.8, 4) is 0 Å². The molecule has 0 saturated carbocycles. The first-order chi connectivity index (χ1) is 12.7. The molecule has 146 valence electrons. The number of hydrogen-bond donors (Lipinski definition) is 1. The van der Waals surface area contributed by atoms with E-state index in [1.54, 1.807) is 11.0 Å². The van der Waals surface area contributed by atoms with Crippen molar-refractivity contribution in [1.29, 1.82) is 0 Å². The van der Waals surface area contributed by atoms with Crippen molar-refractivity contribution in [1.82, 2.24) is 0 Å². The van der Waals surface area contributed by atoms with E-state index in [1.807, 2.05) is 0 Å². The van der Waals surface area contributed by atoms with Gasteiger partial charge in [-0.15, -0.1) is 0 Å². The smallest absolute Gasteiger partial charge is 0.378 e. The summed E-state index contributed by atoms with van der Waals surface area (Å²) in [6.07, 6.45) is -4.58. The Labute approximate surface area is 163 Å². The molecule has 0 atom stereocenters. The molecule has 1 N–H and O–H groups in total. The minimum Gasteiger partial charge on any atom is -0.378 e. The molecule has 1 aliphatic heterocycles. The average Bonchev–Trinajstić information content (AvgIpc) is 2.61. The molecule has 10 heteroatoms. The summed E-state index contributed by atoms with van der Waals surface area (Å²) in [4.78, 5) is 1.74. The molecule has 2 aromatic rings. The normalized spacial score (nSPS) is 15.6. The molecule has 1 fully saturated rings. The van der Waals surface area contributed by atoms with E-state index in [4.69, 9.17) is 4.74 Å². The molecule has 0 aromatic heterocycles. The number of nitrogens with one attached hydrogen (secondary N) is 1. The Balaban J connectivity index is 2.03. The van der Waals surface area contributed by atoms with Crippen molar-refractivity contribution in [3.05, 3.63) is 52.5 Å². The highest BCUT2D eigenvalue weighted by molar-refractivity contribution is 9.10. The van der Waals surface area contributed by atoms with Crippen molar-refractivity contribution in [2.45, 2.75) is 11.1 Å². The molecule has 1 heterocycles. The summed E-state index contributed by atoms with van der Waals surface area (Å²) in [5, 5.41) is 0. The zero-order valence-electron chi connectivity index (χ0n) is 14.0. The maximum absolute atomic E-state index is 13.1. The van der Waals surface area contributed by atoms with Gasteiger partial charge in [-0.3, -0.25) is 4.72 Å². The average molecular weight is 465 g/mol. The molecular weight excluding hydrogens is 449 g/mol. The van der Waals surface area contributed by atoms with Crippen LogP contribution in [0.5, 0.6) is 0 Å². The van der Waals surface area contributed by atoms with Crippen molar-refractivity contribution >= 4 is 37.3 Å². The van der Waals surface area contributed by atoms with Crippen LogP contribution in [0.25, 0.3) is 0 Å². The first-order valence-electron chi connectivity index (χ1n) is 7.99. The van der Waals surface area contributed by atoms with Crippen LogP contribution in [0.2, 0.25) is 0 Å². The molecule has 0 spiro atoms. The number of nitrogens with zero attached hydrogens (tertiary/aromatic N) is 1. The third-order valence-corrected chi connectivity index (χ3v) is 5.88. The van der Waals surface area contributed by atoms with Crippen LogP contribution in [0.4, 0.5) is 24.5 Å². The van der Waals surface area contributed by atoms with Gasteiger partial charge >= 0.3 is 6.18 Å². The van der Waals surface area contributed by atoms with Crippen molar-refractivity contribution < 1.29 is 26.3 Å². The molecular formula is C17H16BrF3N2O3S. The number of alkyl halides is 3. The van der Waals surface area contributed by atoms with Crippen LogP contribution in [0.3, 0.4) is 0 Å². The van der Waals surface area contributed by atoms with Crippen LogP contribution in [0.15, 0.2) is 51.8 Å². The van der Waals surface area contributed by atoms with Gasteiger partial charge in [-0.1, -0.05) is 22.0 Å². The van der Waals surface area contributed by atoms with Gasteiger partial charge in [-0.25, -0.2) is 8.42 Å². The number of ether oxygens (including phenoxy) is 1. The maximum Gasteiger partial charge on any atom is 0.416 e. The summed E-state index contributed by atoms with van der Waals surface area (Å²) in [5.41, 5.74) is -0.664. The Morgan fingerprint density at radius 3 is 2.41 bits per heavy atom. The van der Waals surface area contributed by atoms with E-state index in [9.17, 15) is 21.6 Å². The number of benzene rings is 2. The lowest BCUT2D eigenvalue weighted by Crippen LogP contribution is -2.36. The molecule has 1 saturated heterocycles. The van der Waals surface area contributed by atoms with Gasteiger partial charge in [0.1, 0.15) is 0 Å².